The van der Waals surface area contributed by atoms with Gasteiger partial charge in [0.05, 0.1) is 5.69 Å². The number of nitrogens with zero attached hydrogens (tertiary/aromatic N) is 1. The molecule has 2 aliphatic rings. The fraction of sp³-hybridized carbons (Fsp3) is 0.611. The highest BCUT2D eigenvalue weighted by Crippen LogP contribution is 2.24. The van der Waals surface area contributed by atoms with Gasteiger partial charge in [0.1, 0.15) is 5.82 Å². The zero-order valence-electron chi connectivity index (χ0n) is 14.1. The first-order chi connectivity index (χ1) is 11.6. The molecule has 2 fully saturated rings. The third kappa shape index (κ3) is 4.24. The maximum absolute atomic E-state index is 14.4. The Morgan fingerprint density at radius 2 is 2.12 bits per heavy atom. The number of nitrogens with one attached hydrogen (secondary N) is 2. The number of piperazine rings is 1. The van der Waals surface area contributed by atoms with Crippen LogP contribution in [0.2, 0.25) is 0 Å². The van der Waals surface area contributed by atoms with E-state index in [4.69, 9.17) is 5.73 Å². The SMILES string of the molecule is N[C@H]1CCC[C@H](C(=O)NCc2ccc(N3CCNCC3)c(F)c2)C1. The van der Waals surface area contributed by atoms with Crippen LogP contribution in [0, 0.1) is 11.7 Å². The van der Waals surface area contributed by atoms with Gasteiger partial charge in [-0.25, -0.2) is 4.39 Å². The highest BCUT2D eigenvalue weighted by molar-refractivity contribution is 5.78. The zero-order valence-corrected chi connectivity index (χ0v) is 14.1. The summed E-state index contributed by atoms with van der Waals surface area (Å²) in [6, 6.07) is 5.38. The smallest absolute Gasteiger partial charge is 0.223 e. The van der Waals surface area contributed by atoms with Crippen LogP contribution in [0.1, 0.15) is 31.2 Å². The lowest BCUT2D eigenvalue weighted by atomic mass is 9.85. The first-order valence-corrected chi connectivity index (χ1v) is 8.91. The second kappa shape index (κ2) is 7.94. The first kappa shape index (κ1) is 17.2. The normalized spacial score (nSPS) is 24.7. The standard InChI is InChI=1S/C18H27FN4O/c19-16-10-13(4-5-17(16)23-8-6-21-7-9-23)12-22-18(24)14-2-1-3-15(20)11-14/h4-5,10,14-15,21H,1-3,6-9,11-12,20H2,(H,22,24)/t14-,15-/m0/s1. The van der Waals surface area contributed by atoms with Crippen molar-refractivity contribution in [3.05, 3.63) is 29.6 Å². The van der Waals surface area contributed by atoms with Gasteiger partial charge in [-0.05, 0) is 37.0 Å². The van der Waals surface area contributed by atoms with Gasteiger partial charge in [-0.2, -0.15) is 0 Å². The van der Waals surface area contributed by atoms with Crippen LogP contribution < -0.4 is 21.3 Å². The van der Waals surface area contributed by atoms with Gasteiger partial charge in [-0.15, -0.1) is 0 Å². The van der Waals surface area contributed by atoms with Gasteiger partial charge >= 0.3 is 0 Å². The minimum Gasteiger partial charge on any atom is -0.367 e. The van der Waals surface area contributed by atoms with E-state index in [0.29, 0.717) is 12.2 Å². The summed E-state index contributed by atoms with van der Waals surface area (Å²) in [5, 5.41) is 6.19. The fourth-order valence-electron chi connectivity index (χ4n) is 3.62. The minimum atomic E-state index is -0.219. The van der Waals surface area contributed by atoms with E-state index in [0.717, 1.165) is 57.4 Å². The molecular weight excluding hydrogens is 307 g/mol. The summed E-state index contributed by atoms with van der Waals surface area (Å²) in [4.78, 5) is 14.3. The van der Waals surface area contributed by atoms with E-state index in [1.807, 2.05) is 12.1 Å². The summed E-state index contributed by atoms with van der Waals surface area (Å²) in [6.45, 7) is 3.74. The maximum atomic E-state index is 14.4. The minimum absolute atomic E-state index is 0.00119. The third-order valence-electron chi connectivity index (χ3n) is 5.02. The zero-order chi connectivity index (χ0) is 16.9. The molecule has 1 aromatic carbocycles. The average Bonchev–Trinajstić information content (AvgIpc) is 2.60. The highest BCUT2D eigenvalue weighted by Gasteiger charge is 2.25. The molecule has 1 heterocycles. The third-order valence-corrected chi connectivity index (χ3v) is 5.02. The Morgan fingerprint density at radius 1 is 1.33 bits per heavy atom. The molecule has 132 valence electrons. The second-order valence-corrected chi connectivity index (χ2v) is 6.86. The van der Waals surface area contributed by atoms with E-state index in [9.17, 15) is 9.18 Å². The number of benzene rings is 1. The number of carbonyl (C=O) groups excluding carboxylic acids is 1. The Morgan fingerprint density at radius 3 is 2.83 bits per heavy atom. The highest BCUT2D eigenvalue weighted by atomic mass is 19.1. The molecule has 1 amide bonds. The van der Waals surface area contributed by atoms with E-state index in [1.165, 1.54) is 6.07 Å². The molecule has 0 aromatic heterocycles. The molecule has 0 unspecified atom stereocenters. The van der Waals surface area contributed by atoms with Crippen LogP contribution in [0.4, 0.5) is 10.1 Å². The predicted molar refractivity (Wildman–Crippen MR) is 93.3 cm³/mol. The van der Waals surface area contributed by atoms with Crippen molar-refractivity contribution < 1.29 is 9.18 Å². The lowest BCUT2D eigenvalue weighted by Gasteiger charge is -2.30. The molecule has 0 radical (unpaired) electrons. The maximum Gasteiger partial charge on any atom is 0.223 e. The van der Waals surface area contributed by atoms with Crippen molar-refractivity contribution >= 4 is 11.6 Å². The molecule has 1 aliphatic heterocycles. The van der Waals surface area contributed by atoms with Crippen molar-refractivity contribution in [3.8, 4) is 0 Å². The van der Waals surface area contributed by atoms with Crippen LogP contribution in [0.3, 0.4) is 0 Å². The molecule has 0 bridgehead atoms. The molecular formula is C18H27FN4O. The predicted octanol–water partition coefficient (Wildman–Crippen LogP) is 1.37. The van der Waals surface area contributed by atoms with E-state index in [-0.39, 0.29) is 23.7 Å². The number of carbonyl (C=O) groups is 1. The molecule has 1 aliphatic carbocycles. The fourth-order valence-corrected chi connectivity index (χ4v) is 3.62. The Labute approximate surface area is 142 Å². The van der Waals surface area contributed by atoms with Gasteiger partial charge in [0, 0.05) is 44.7 Å². The molecule has 1 saturated carbocycles. The topological polar surface area (TPSA) is 70.4 Å². The molecule has 1 saturated heterocycles. The van der Waals surface area contributed by atoms with E-state index in [2.05, 4.69) is 15.5 Å². The molecule has 3 rings (SSSR count). The largest absolute Gasteiger partial charge is 0.367 e. The molecule has 5 nitrogen and oxygen atoms in total. The number of hydrogen-bond donors (Lipinski definition) is 3. The molecule has 1 aromatic rings. The van der Waals surface area contributed by atoms with E-state index < -0.39 is 0 Å². The van der Waals surface area contributed by atoms with Crippen LogP contribution in [-0.2, 0) is 11.3 Å². The van der Waals surface area contributed by atoms with Gasteiger partial charge < -0.3 is 21.3 Å². The van der Waals surface area contributed by atoms with Crippen LogP contribution in [0.25, 0.3) is 0 Å². The van der Waals surface area contributed by atoms with Gasteiger partial charge in [0.2, 0.25) is 5.91 Å². The van der Waals surface area contributed by atoms with Crippen LogP contribution in [-0.4, -0.2) is 38.1 Å². The quantitative estimate of drug-likeness (QED) is 0.778. The Balaban J connectivity index is 1.55. The molecule has 24 heavy (non-hydrogen) atoms. The van der Waals surface area contributed by atoms with E-state index >= 15 is 0 Å². The number of hydrogen-bond acceptors (Lipinski definition) is 4. The summed E-state index contributed by atoms with van der Waals surface area (Å²) in [5.41, 5.74) is 7.37. The Hall–Kier alpha value is -1.66. The summed E-state index contributed by atoms with van der Waals surface area (Å²) < 4.78 is 14.4. The first-order valence-electron chi connectivity index (χ1n) is 8.91. The van der Waals surface area contributed by atoms with Crippen molar-refractivity contribution in [2.75, 3.05) is 31.1 Å². The number of nitrogens with two attached hydrogens (primary N) is 1. The number of anilines is 1. The van der Waals surface area contributed by atoms with E-state index in [1.54, 1.807) is 0 Å². The van der Waals surface area contributed by atoms with Crippen LogP contribution >= 0.6 is 0 Å². The summed E-state index contributed by atoms with van der Waals surface area (Å²) in [7, 11) is 0. The molecule has 6 heteroatoms. The lowest BCUT2D eigenvalue weighted by Crippen LogP contribution is -2.43. The van der Waals surface area contributed by atoms with Crippen LogP contribution in [0.15, 0.2) is 18.2 Å². The van der Waals surface area contributed by atoms with Gasteiger partial charge in [-0.3, -0.25) is 4.79 Å². The van der Waals surface area contributed by atoms with Crippen molar-refractivity contribution in [1.29, 1.82) is 0 Å². The Kier molecular flexibility index (Phi) is 5.68. The monoisotopic (exact) mass is 334 g/mol. The summed E-state index contributed by atoms with van der Waals surface area (Å²) >= 11 is 0. The molecule has 0 spiro atoms. The molecule has 2 atom stereocenters. The van der Waals surface area contributed by atoms with Crippen molar-refractivity contribution in [3.63, 3.8) is 0 Å². The summed E-state index contributed by atoms with van der Waals surface area (Å²) in [6.07, 6.45) is 3.66. The van der Waals surface area contributed by atoms with Crippen molar-refractivity contribution in [2.45, 2.75) is 38.3 Å². The lowest BCUT2D eigenvalue weighted by molar-refractivity contribution is -0.126. The van der Waals surface area contributed by atoms with Gasteiger partial charge in [-0.1, -0.05) is 12.5 Å². The van der Waals surface area contributed by atoms with Crippen molar-refractivity contribution in [1.82, 2.24) is 10.6 Å². The van der Waals surface area contributed by atoms with Crippen LogP contribution in [0.5, 0.6) is 0 Å². The van der Waals surface area contributed by atoms with Crippen molar-refractivity contribution in [2.24, 2.45) is 11.7 Å². The number of halogens is 1. The second-order valence-electron chi connectivity index (χ2n) is 6.86. The average molecular weight is 334 g/mol. The van der Waals surface area contributed by atoms with Gasteiger partial charge in [0.25, 0.3) is 0 Å². The van der Waals surface area contributed by atoms with Gasteiger partial charge in [0.15, 0.2) is 0 Å². The number of rotatable bonds is 4. The number of amides is 1. The Bertz CT molecular complexity index is 574. The summed E-state index contributed by atoms with van der Waals surface area (Å²) in [5.74, 6) is -0.182. The molecule has 4 N–H and O–H groups in total.